The van der Waals surface area contributed by atoms with E-state index < -0.39 is 5.97 Å². The van der Waals surface area contributed by atoms with Crippen LogP contribution < -0.4 is 5.32 Å². The van der Waals surface area contributed by atoms with Crippen molar-refractivity contribution in [1.29, 1.82) is 0 Å². The molecule has 0 rings (SSSR count). The molecule has 0 aromatic rings. The number of ether oxygens (including phenoxy) is 1. The molecule has 0 fully saturated rings. The van der Waals surface area contributed by atoms with Crippen LogP contribution in [-0.4, -0.2) is 35.6 Å². The number of nitrogens with one attached hydrogen (secondary N) is 1. The van der Waals surface area contributed by atoms with Crippen LogP contribution in [0.3, 0.4) is 0 Å². The molecule has 6 nitrogen and oxygen atoms in total. The molecule has 6 heteroatoms. The fourth-order valence-corrected chi connectivity index (χ4v) is 5.19. The molecule has 1 unspecified atom stereocenters. The van der Waals surface area contributed by atoms with Crippen LogP contribution in [0.2, 0.25) is 0 Å². The molecule has 0 aliphatic rings. The van der Waals surface area contributed by atoms with E-state index in [1.54, 1.807) is 0 Å². The van der Waals surface area contributed by atoms with Gasteiger partial charge >= 0.3 is 11.9 Å². The third-order valence-electron chi connectivity index (χ3n) is 7.88. The molecule has 0 aromatic heterocycles. The fraction of sp³-hybridized carbons (Fsp3) is 0.811. The zero-order valence-electron chi connectivity index (χ0n) is 28.1. The highest BCUT2D eigenvalue weighted by Gasteiger charge is 2.14. The van der Waals surface area contributed by atoms with Crippen molar-refractivity contribution >= 4 is 17.8 Å². The number of amides is 1. The lowest BCUT2D eigenvalue weighted by atomic mass is 10.0. The van der Waals surface area contributed by atoms with Gasteiger partial charge in [-0.25, -0.2) is 0 Å². The molecular weight excluding hydrogens is 538 g/mol. The quantitative estimate of drug-likeness (QED) is 0.0452. The minimum atomic E-state index is -1.02. The van der Waals surface area contributed by atoms with Crippen LogP contribution in [0.15, 0.2) is 24.3 Å². The van der Waals surface area contributed by atoms with Crippen molar-refractivity contribution in [2.75, 3.05) is 6.54 Å². The number of carbonyl (C=O) groups is 3. The van der Waals surface area contributed by atoms with Gasteiger partial charge in [0, 0.05) is 12.8 Å². The van der Waals surface area contributed by atoms with Crippen LogP contribution in [0.1, 0.15) is 181 Å². The van der Waals surface area contributed by atoms with Gasteiger partial charge in [-0.2, -0.15) is 0 Å². The Labute approximate surface area is 264 Å². The van der Waals surface area contributed by atoms with Gasteiger partial charge in [0.05, 0.1) is 0 Å². The minimum Gasteiger partial charge on any atom is -0.480 e. The molecule has 0 aromatic carbocycles. The van der Waals surface area contributed by atoms with Gasteiger partial charge in [-0.3, -0.25) is 14.4 Å². The third kappa shape index (κ3) is 32.6. The molecule has 1 atom stereocenters. The Bertz CT molecular complexity index is 718. The van der Waals surface area contributed by atoms with Gasteiger partial charge in [0.1, 0.15) is 12.6 Å². The van der Waals surface area contributed by atoms with E-state index in [-0.39, 0.29) is 24.5 Å². The molecule has 250 valence electrons. The van der Waals surface area contributed by atoms with Gasteiger partial charge in [-0.1, -0.05) is 122 Å². The van der Waals surface area contributed by atoms with Crippen LogP contribution >= 0.6 is 0 Å². The lowest BCUT2D eigenvalue weighted by Gasteiger charge is -2.18. The van der Waals surface area contributed by atoms with Gasteiger partial charge in [-0.15, -0.1) is 0 Å². The number of rotatable bonds is 32. The summed E-state index contributed by atoms with van der Waals surface area (Å²) in [5.41, 5.74) is 0. The van der Waals surface area contributed by atoms with E-state index in [2.05, 4.69) is 43.5 Å². The van der Waals surface area contributed by atoms with Crippen LogP contribution in [-0.2, 0) is 19.1 Å². The van der Waals surface area contributed by atoms with Crippen LogP contribution in [0.25, 0.3) is 0 Å². The van der Waals surface area contributed by atoms with Crippen molar-refractivity contribution in [1.82, 2.24) is 5.32 Å². The van der Waals surface area contributed by atoms with Crippen molar-refractivity contribution < 1.29 is 24.2 Å². The minimum absolute atomic E-state index is 0.00357. The van der Waals surface area contributed by atoms with Crippen molar-refractivity contribution in [2.24, 2.45) is 0 Å². The Balaban J connectivity index is 3.94. The van der Waals surface area contributed by atoms with E-state index >= 15 is 0 Å². The van der Waals surface area contributed by atoms with E-state index in [1.807, 2.05) is 0 Å². The van der Waals surface area contributed by atoms with E-state index in [0.29, 0.717) is 12.8 Å². The molecule has 0 saturated heterocycles. The summed E-state index contributed by atoms with van der Waals surface area (Å²) in [6.07, 6.45) is 37.3. The smallest absolute Gasteiger partial charge is 0.322 e. The SMILES string of the molecule is CCCCC/C=C\C/C=C\CCCCCCCCCC(=O)OC(CCCCCCC)CCCCCCC(=O)NCC(=O)O. The maximum Gasteiger partial charge on any atom is 0.322 e. The summed E-state index contributed by atoms with van der Waals surface area (Å²) in [5.74, 6) is -1.28. The van der Waals surface area contributed by atoms with Crippen LogP contribution in [0.4, 0.5) is 0 Å². The van der Waals surface area contributed by atoms with E-state index in [4.69, 9.17) is 9.84 Å². The van der Waals surface area contributed by atoms with Gasteiger partial charge in [0.2, 0.25) is 5.91 Å². The lowest BCUT2D eigenvalue weighted by Crippen LogP contribution is -2.28. The maximum atomic E-state index is 12.5. The van der Waals surface area contributed by atoms with Crippen molar-refractivity contribution in [3.05, 3.63) is 24.3 Å². The molecule has 1 amide bonds. The first-order chi connectivity index (χ1) is 21.0. The van der Waals surface area contributed by atoms with Gasteiger partial charge in [0.15, 0.2) is 0 Å². The van der Waals surface area contributed by atoms with Crippen molar-refractivity contribution in [3.63, 3.8) is 0 Å². The summed E-state index contributed by atoms with van der Waals surface area (Å²) in [5, 5.41) is 11.0. The summed E-state index contributed by atoms with van der Waals surface area (Å²) in [4.78, 5) is 34.7. The Morgan fingerprint density at radius 2 is 1.07 bits per heavy atom. The summed E-state index contributed by atoms with van der Waals surface area (Å²) in [6.45, 7) is 4.14. The molecule has 0 bridgehead atoms. The third-order valence-corrected chi connectivity index (χ3v) is 7.88. The molecule has 2 N–H and O–H groups in total. The predicted molar refractivity (Wildman–Crippen MR) is 180 cm³/mol. The predicted octanol–water partition coefficient (Wildman–Crippen LogP) is 10.4. The maximum absolute atomic E-state index is 12.5. The van der Waals surface area contributed by atoms with E-state index in [0.717, 1.165) is 64.2 Å². The Morgan fingerprint density at radius 1 is 0.605 bits per heavy atom. The lowest BCUT2D eigenvalue weighted by molar-refractivity contribution is -0.150. The van der Waals surface area contributed by atoms with Gasteiger partial charge in [0.25, 0.3) is 0 Å². The summed E-state index contributed by atoms with van der Waals surface area (Å²) >= 11 is 0. The van der Waals surface area contributed by atoms with Crippen LogP contribution in [0, 0.1) is 0 Å². The zero-order valence-corrected chi connectivity index (χ0v) is 28.1. The fourth-order valence-electron chi connectivity index (χ4n) is 5.19. The number of hydrogen-bond donors (Lipinski definition) is 2. The number of unbranched alkanes of at least 4 members (excludes halogenated alkanes) is 17. The average molecular weight is 606 g/mol. The normalized spacial score (nSPS) is 12.2. The molecule has 0 spiro atoms. The molecule has 0 aliphatic heterocycles. The van der Waals surface area contributed by atoms with E-state index in [9.17, 15) is 14.4 Å². The number of allylic oxidation sites excluding steroid dienone is 4. The Morgan fingerprint density at radius 3 is 1.65 bits per heavy atom. The first kappa shape index (κ1) is 40.9. The second-order valence-corrected chi connectivity index (χ2v) is 12.1. The van der Waals surface area contributed by atoms with Crippen molar-refractivity contribution in [2.45, 2.75) is 187 Å². The van der Waals surface area contributed by atoms with Crippen molar-refractivity contribution in [3.8, 4) is 0 Å². The highest BCUT2D eigenvalue weighted by Crippen LogP contribution is 2.18. The number of carboxylic acids is 1. The standard InChI is InChI=1S/C37H67NO5/c1-3-5-7-9-10-11-12-13-14-15-16-17-18-19-20-22-28-32-37(42)43-34(29-25-21-8-6-4-2)30-26-23-24-27-31-35(39)38-33-36(40)41/h10-11,13-14,34H,3-9,12,15-33H2,1-2H3,(H,38,39)(H,40,41)/b11-10-,14-13-. The number of carbonyl (C=O) groups excluding carboxylic acids is 2. The number of carboxylic acid groups (broad SMARTS) is 1. The molecule has 0 aliphatic carbocycles. The molecule has 0 heterocycles. The van der Waals surface area contributed by atoms with Gasteiger partial charge < -0.3 is 15.2 Å². The number of hydrogen-bond acceptors (Lipinski definition) is 4. The largest absolute Gasteiger partial charge is 0.480 e. The van der Waals surface area contributed by atoms with E-state index in [1.165, 1.54) is 89.9 Å². The highest BCUT2D eigenvalue weighted by molar-refractivity contribution is 5.80. The molecular formula is C37H67NO5. The summed E-state index contributed by atoms with van der Waals surface area (Å²) in [7, 11) is 0. The Hall–Kier alpha value is -2.11. The summed E-state index contributed by atoms with van der Waals surface area (Å²) in [6, 6.07) is 0. The summed E-state index contributed by atoms with van der Waals surface area (Å²) < 4.78 is 5.92. The molecule has 0 radical (unpaired) electrons. The van der Waals surface area contributed by atoms with Gasteiger partial charge in [-0.05, 0) is 70.6 Å². The second kappa shape index (κ2) is 32.8. The topological polar surface area (TPSA) is 92.7 Å². The monoisotopic (exact) mass is 606 g/mol. The Kier molecular flexibility index (Phi) is 31.2. The van der Waals surface area contributed by atoms with Crippen LogP contribution in [0.5, 0.6) is 0 Å². The second-order valence-electron chi connectivity index (χ2n) is 12.1. The first-order valence-electron chi connectivity index (χ1n) is 18.0. The highest BCUT2D eigenvalue weighted by atomic mass is 16.5. The number of esters is 1. The first-order valence-corrected chi connectivity index (χ1v) is 18.0. The average Bonchev–Trinajstić information content (AvgIpc) is 2.99. The zero-order chi connectivity index (χ0) is 31.6. The number of aliphatic carboxylic acids is 1. The molecule has 43 heavy (non-hydrogen) atoms. The molecule has 0 saturated carbocycles.